The van der Waals surface area contributed by atoms with Crippen LogP contribution in [0.1, 0.15) is 77.0 Å². The molecule has 0 N–H and O–H groups in total. The van der Waals surface area contributed by atoms with Gasteiger partial charge in [0.05, 0.1) is 0 Å². The van der Waals surface area contributed by atoms with Gasteiger partial charge in [-0.2, -0.15) is 0 Å². The van der Waals surface area contributed by atoms with Crippen molar-refractivity contribution in [3.8, 4) is 0 Å². The van der Waals surface area contributed by atoms with Crippen molar-refractivity contribution < 1.29 is 9.59 Å². The Morgan fingerprint density at radius 3 is 2.44 bits per heavy atom. The second kappa shape index (κ2) is 8.50. The molecule has 4 fully saturated rings. The molecule has 0 aromatic carbocycles. The van der Waals surface area contributed by atoms with E-state index in [1.54, 1.807) is 0 Å². The maximum atomic E-state index is 12.7. The zero-order valence-electron chi connectivity index (χ0n) is 17.0. The van der Waals surface area contributed by atoms with E-state index in [0.717, 1.165) is 64.1 Å². The molecule has 0 radical (unpaired) electrons. The first-order valence-corrected chi connectivity index (χ1v) is 11.5. The van der Waals surface area contributed by atoms with Crippen LogP contribution in [-0.2, 0) is 9.59 Å². The Kier molecular flexibility index (Phi) is 6.05. The van der Waals surface area contributed by atoms with Gasteiger partial charge in [-0.15, -0.1) is 0 Å². The molecule has 1 atom stereocenters. The molecule has 5 heteroatoms. The van der Waals surface area contributed by atoms with E-state index < -0.39 is 0 Å². The van der Waals surface area contributed by atoms with Crippen molar-refractivity contribution >= 4 is 11.8 Å². The van der Waals surface area contributed by atoms with Gasteiger partial charge in [-0.05, 0) is 63.8 Å². The van der Waals surface area contributed by atoms with Gasteiger partial charge in [0.15, 0.2) is 0 Å². The molecule has 0 unspecified atom stereocenters. The van der Waals surface area contributed by atoms with Gasteiger partial charge in [-0.3, -0.25) is 9.59 Å². The van der Waals surface area contributed by atoms with Gasteiger partial charge in [-0.1, -0.05) is 19.3 Å². The minimum Gasteiger partial charge on any atom is -0.341 e. The van der Waals surface area contributed by atoms with Gasteiger partial charge < -0.3 is 14.7 Å². The molecule has 1 spiro atoms. The molecule has 4 rings (SSSR count). The number of amides is 2. The Morgan fingerprint density at radius 1 is 0.889 bits per heavy atom. The fraction of sp³-hybridized carbons (Fsp3) is 0.909. The summed E-state index contributed by atoms with van der Waals surface area (Å²) in [4.78, 5) is 32.0. The van der Waals surface area contributed by atoms with Crippen molar-refractivity contribution in [3.05, 3.63) is 0 Å². The minimum atomic E-state index is -0.0478. The first kappa shape index (κ1) is 19.2. The smallest absolute Gasteiger partial charge is 0.242 e. The van der Waals surface area contributed by atoms with Crippen LogP contribution in [0.2, 0.25) is 0 Å². The van der Waals surface area contributed by atoms with E-state index in [1.165, 1.54) is 45.2 Å². The SMILES string of the molecule is O=C(CN1C(=O)CC[C@]12CCCN(CC1CCCCC1)CC2)N1CCCC1. The monoisotopic (exact) mass is 375 g/mol. The Hall–Kier alpha value is -1.10. The Balaban J connectivity index is 1.37. The lowest BCUT2D eigenvalue weighted by molar-refractivity contribution is -0.141. The Bertz CT molecular complexity index is 540. The third kappa shape index (κ3) is 4.33. The van der Waals surface area contributed by atoms with Gasteiger partial charge in [0.25, 0.3) is 0 Å². The quantitative estimate of drug-likeness (QED) is 0.759. The van der Waals surface area contributed by atoms with Crippen molar-refractivity contribution in [2.24, 2.45) is 5.92 Å². The number of hydrogen-bond acceptors (Lipinski definition) is 3. The fourth-order valence-electron chi connectivity index (χ4n) is 6.00. The molecule has 1 saturated carbocycles. The summed E-state index contributed by atoms with van der Waals surface area (Å²) in [5, 5.41) is 0. The second-order valence-electron chi connectivity index (χ2n) is 9.45. The van der Waals surface area contributed by atoms with E-state index >= 15 is 0 Å². The molecule has 5 nitrogen and oxygen atoms in total. The average molecular weight is 376 g/mol. The molecule has 1 aliphatic carbocycles. The summed E-state index contributed by atoms with van der Waals surface area (Å²) in [6.45, 7) is 5.59. The topological polar surface area (TPSA) is 43.9 Å². The van der Waals surface area contributed by atoms with Gasteiger partial charge >= 0.3 is 0 Å². The van der Waals surface area contributed by atoms with Crippen molar-refractivity contribution in [1.82, 2.24) is 14.7 Å². The zero-order chi connectivity index (χ0) is 18.7. The fourth-order valence-corrected chi connectivity index (χ4v) is 6.00. The lowest BCUT2D eigenvalue weighted by Crippen LogP contribution is -2.51. The number of carbonyl (C=O) groups excluding carboxylic acids is 2. The van der Waals surface area contributed by atoms with Crippen LogP contribution < -0.4 is 0 Å². The van der Waals surface area contributed by atoms with Crippen LogP contribution >= 0.6 is 0 Å². The highest BCUT2D eigenvalue weighted by molar-refractivity contribution is 5.87. The minimum absolute atomic E-state index is 0.0478. The van der Waals surface area contributed by atoms with Crippen LogP contribution in [0, 0.1) is 5.92 Å². The summed E-state index contributed by atoms with van der Waals surface area (Å²) in [5.41, 5.74) is -0.0478. The summed E-state index contributed by atoms with van der Waals surface area (Å²) < 4.78 is 0. The second-order valence-corrected chi connectivity index (χ2v) is 9.45. The number of carbonyl (C=O) groups is 2. The largest absolute Gasteiger partial charge is 0.341 e. The molecule has 152 valence electrons. The van der Waals surface area contributed by atoms with Crippen LogP contribution in [0.5, 0.6) is 0 Å². The summed E-state index contributed by atoms with van der Waals surface area (Å²) in [7, 11) is 0. The van der Waals surface area contributed by atoms with Gasteiger partial charge in [-0.25, -0.2) is 0 Å². The summed E-state index contributed by atoms with van der Waals surface area (Å²) in [5.74, 6) is 1.26. The highest BCUT2D eigenvalue weighted by Crippen LogP contribution is 2.39. The normalized spacial score (nSPS) is 31.0. The van der Waals surface area contributed by atoms with Crippen LogP contribution in [-0.4, -0.2) is 71.3 Å². The molecular weight excluding hydrogens is 338 g/mol. The maximum Gasteiger partial charge on any atom is 0.242 e. The highest BCUT2D eigenvalue weighted by atomic mass is 16.2. The lowest BCUT2D eigenvalue weighted by atomic mass is 9.87. The number of rotatable bonds is 4. The van der Waals surface area contributed by atoms with Crippen LogP contribution in [0.15, 0.2) is 0 Å². The average Bonchev–Trinajstić information content (AvgIpc) is 3.26. The summed E-state index contributed by atoms with van der Waals surface area (Å²) >= 11 is 0. The maximum absolute atomic E-state index is 12.7. The van der Waals surface area contributed by atoms with Crippen molar-refractivity contribution in [3.63, 3.8) is 0 Å². The molecule has 3 aliphatic heterocycles. The molecule has 0 aromatic heterocycles. The third-order valence-corrected chi connectivity index (χ3v) is 7.68. The van der Waals surface area contributed by atoms with Crippen molar-refractivity contribution in [2.75, 3.05) is 39.3 Å². The molecule has 3 saturated heterocycles. The predicted octanol–water partition coefficient (Wildman–Crippen LogP) is 3.04. The molecule has 4 aliphatic rings. The van der Waals surface area contributed by atoms with E-state index in [2.05, 4.69) is 4.90 Å². The van der Waals surface area contributed by atoms with Crippen molar-refractivity contribution in [2.45, 2.75) is 82.6 Å². The first-order valence-electron chi connectivity index (χ1n) is 11.5. The van der Waals surface area contributed by atoms with Gasteiger partial charge in [0, 0.05) is 38.1 Å². The molecule has 27 heavy (non-hydrogen) atoms. The van der Waals surface area contributed by atoms with Crippen LogP contribution in [0.3, 0.4) is 0 Å². The lowest BCUT2D eigenvalue weighted by Gasteiger charge is -2.38. The van der Waals surface area contributed by atoms with Crippen molar-refractivity contribution in [1.29, 1.82) is 0 Å². The molecular formula is C22H37N3O2. The predicted molar refractivity (Wildman–Crippen MR) is 106 cm³/mol. The zero-order valence-corrected chi connectivity index (χ0v) is 17.0. The summed E-state index contributed by atoms with van der Waals surface area (Å²) in [6, 6.07) is 0. The number of hydrogen-bond donors (Lipinski definition) is 0. The number of likely N-dealkylation sites (tertiary alicyclic amines) is 3. The van der Waals surface area contributed by atoms with Crippen LogP contribution in [0.4, 0.5) is 0 Å². The van der Waals surface area contributed by atoms with Crippen LogP contribution in [0.25, 0.3) is 0 Å². The summed E-state index contributed by atoms with van der Waals surface area (Å²) in [6.07, 6.45) is 14.1. The van der Waals surface area contributed by atoms with E-state index in [4.69, 9.17) is 0 Å². The molecule has 0 bridgehead atoms. The van der Waals surface area contributed by atoms with E-state index in [9.17, 15) is 9.59 Å². The molecule has 3 heterocycles. The Morgan fingerprint density at radius 2 is 1.67 bits per heavy atom. The number of nitrogens with zero attached hydrogens (tertiary/aromatic N) is 3. The standard InChI is InChI=1S/C22H37N3O2/c26-20-9-11-22(25(20)18-21(27)24-14-4-5-15-24)10-6-13-23(16-12-22)17-19-7-2-1-3-8-19/h19H,1-18H2/t22-/m0/s1. The third-order valence-electron chi connectivity index (χ3n) is 7.68. The first-order chi connectivity index (χ1) is 13.2. The van der Waals surface area contributed by atoms with E-state index in [0.29, 0.717) is 13.0 Å². The van der Waals surface area contributed by atoms with Gasteiger partial charge in [0.1, 0.15) is 6.54 Å². The molecule has 0 aromatic rings. The molecule has 2 amide bonds. The highest BCUT2D eigenvalue weighted by Gasteiger charge is 2.46. The van der Waals surface area contributed by atoms with E-state index in [-0.39, 0.29) is 17.4 Å². The van der Waals surface area contributed by atoms with E-state index in [1.807, 2.05) is 9.80 Å². The Labute approximate surface area is 164 Å². The van der Waals surface area contributed by atoms with Gasteiger partial charge in [0.2, 0.25) is 11.8 Å².